The molecule has 0 spiro atoms. The molecule has 3 rings (SSSR count). The van der Waals surface area contributed by atoms with Crippen molar-refractivity contribution in [1.29, 1.82) is 5.26 Å². The number of rotatable bonds is 7. The van der Waals surface area contributed by atoms with Crippen LogP contribution in [0.15, 0.2) is 58.0 Å². The number of ether oxygens (including phenoxy) is 1. The van der Waals surface area contributed by atoms with Gasteiger partial charge in [-0.15, -0.1) is 5.10 Å². The van der Waals surface area contributed by atoms with Gasteiger partial charge in [0, 0.05) is 18.9 Å². The summed E-state index contributed by atoms with van der Waals surface area (Å²) in [5, 5.41) is 13.0. The van der Waals surface area contributed by atoms with E-state index in [4.69, 9.17) is 14.4 Å². The molecule has 0 bridgehead atoms. The molecule has 0 N–H and O–H groups in total. The Morgan fingerprint density at radius 2 is 2.14 bits per heavy atom. The summed E-state index contributed by atoms with van der Waals surface area (Å²) in [5.74, 6) is -0.621. The predicted octanol–water partition coefficient (Wildman–Crippen LogP) is 1.85. The number of hydrogen-bond donors (Lipinski definition) is 0. The fourth-order valence-electron chi connectivity index (χ4n) is 2.62. The molecule has 9 nitrogen and oxygen atoms in total. The summed E-state index contributed by atoms with van der Waals surface area (Å²) < 4.78 is 11.4. The van der Waals surface area contributed by atoms with Crippen molar-refractivity contribution in [2.75, 3.05) is 18.6 Å². The molecule has 2 heterocycles. The monoisotopic (exact) mass is 379 g/mol. The van der Waals surface area contributed by atoms with Crippen molar-refractivity contribution in [3.05, 3.63) is 59.3 Å². The zero-order chi connectivity index (χ0) is 19.9. The van der Waals surface area contributed by atoms with Crippen molar-refractivity contribution >= 4 is 11.6 Å². The van der Waals surface area contributed by atoms with Gasteiger partial charge in [0.15, 0.2) is 0 Å². The lowest BCUT2D eigenvalue weighted by Gasteiger charge is -2.23. The third kappa shape index (κ3) is 4.07. The highest BCUT2D eigenvalue weighted by Crippen LogP contribution is 2.28. The Balaban J connectivity index is 1.88. The highest BCUT2D eigenvalue weighted by molar-refractivity contribution is 5.94. The SMILES string of the molecule is COc1ccccc1N(CCC#N)C(=O)Cn1nc(-c2cccnc2)oc1=O. The van der Waals surface area contributed by atoms with Crippen molar-refractivity contribution in [3.63, 3.8) is 0 Å². The normalized spacial score (nSPS) is 10.3. The first-order valence-electron chi connectivity index (χ1n) is 8.42. The number of anilines is 1. The van der Waals surface area contributed by atoms with Gasteiger partial charge in [0.2, 0.25) is 5.91 Å². The molecule has 9 heteroatoms. The van der Waals surface area contributed by atoms with Gasteiger partial charge in [-0.2, -0.15) is 9.94 Å². The maximum atomic E-state index is 12.9. The van der Waals surface area contributed by atoms with Crippen molar-refractivity contribution in [2.24, 2.45) is 0 Å². The minimum Gasteiger partial charge on any atom is -0.495 e. The van der Waals surface area contributed by atoms with E-state index in [0.29, 0.717) is 17.0 Å². The van der Waals surface area contributed by atoms with E-state index < -0.39 is 11.7 Å². The highest BCUT2D eigenvalue weighted by atomic mass is 16.5. The molecule has 0 saturated carbocycles. The summed E-state index contributed by atoms with van der Waals surface area (Å²) in [7, 11) is 1.49. The fourth-order valence-corrected chi connectivity index (χ4v) is 2.62. The summed E-state index contributed by atoms with van der Waals surface area (Å²) >= 11 is 0. The van der Waals surface area contributed by atoms with Crippen LogP contribution >= 0.6 is 0 Å². The lowest BCUT2D eigenvalue weighted by molar-refractivity contribution is -0.119. The van der Waals surface area contributed by atoms with Gasteiger partial charge in [0.05, 0.1) is 30.9 Å². The summed E-state index contributed by atoms with van der Waals surface area (Å²) in [6.07, 6.45) is 3.21. The van der Waals surface area contributed by atoms with E-state index in [1.54, 1.807) is 42.6 Å². The molecule has 142 valence electrons. The average molecular weight is 379 g/mol. The number of carbonyl (C=O) groups is 1. The van der Waals surface area contributed by atoms with E-state index in [2.05, 4.69) is 10.1 Å². The molecule has 0 radical (unpaired) electrons. The van der Waals surface area contributed by atoms with Crippen LogP contribution in [0.25, 0.3) is 11.5 Å². The van der Waals surface area contributed by atoms with Crippen LogP contribution in [0.2, 0.25) is 0 Å². The number of nitriles is 1. The number of benzene rings is 1. The molecule has 0 aliphatic heterocycles. The summed E-state index contributed by atoms with van der Waals surface area (Å²) in [6.45, 7) is -0.191. The van der Waals surface area contributed by atoms with E-state index in [0.717, 1.165) is 4.68 Å². The molecule has 0 atom stereocenters. The van der Waals surface area contributed by atoms with Crippen LogP contribution in [0.5, 0.6) is 5.75 Å². The largest absolute Gasteiger partial charge is 0.495 e. The Morgan fingerprint density at radius 1 is 1.32 bits per heavy atom. The number of methoxy groups -OCH3 is 1. The Labute approximate surface area is 160 Å². The van der Waals surface area contributed by atoms with E-state index in [1.165, 1.54) is 18.2 Å². The van der Waals surface area contributed by atoms with Crippen LogP contribution in [0, 0.1) is 11.3 Å². The maximum Gasteiger partial charge on any atom is 0.437 e. The lowest BCUT2D eigenvalue weighted by Crippen LogP contribution is -2.37. The van der Waals surface area contributed by atoms with Crippen LogP contribution in [-0.4, -0.2) is 34.3 Å². The Kier molecular flexibility index (Phi) is 5.81. The average Bonchev–Trinajstić information content (AvgIpc) is 3.09. The van der Waals surface area contributed by atoms with Crippen molar-refractivity contribution in [3.8, 4) is 23.3 Å². The summed E-state index contributed by atoms with van der Waals surface area (Å²) in [6, 6.07) is 12.3. The number of amides is 1. The topological polar surface area (TPSA) is 114 Å². The van der Waals surface area contributed by atoms with Gasteiger partial charge in [-0.05, 0) is 24.3 Å². The fraction of sp³-hybridized carbons (Fsp3) is 0.211. The van der Waals surface area contributed by atoms with E-state index in [9.17, 15) is 9.59 Å². The lowest BCUT2D eigenvalue weighted by atomic mass is 10.2. The van der Waals surface area contributed by atoms with Crippen LogP contribution in [0.4, 0.5) is 5.69 Å². The van der Waals surface area contributed by atoms with Gasteiger partial charge in [-0.25, -0.2) is 4.79 Å². The molecule has 0 fully saturated rings. The van der Waals surface area contributed by atoms with Gasteiger partial charge >= 0.3 is 5.76 Å². The van der Waals surface area contributed by atoms with Crippen molar-refractivity contribution < 1.29 is 13.9 Å². The van der Waals surface area contributed by atoms with Gasteiger partial charge < -0.3 is 14.1 Å². The Bertz CT molecular complexity index is 1050. The number of carbonyl (C=O) groups excluding carboxylic acids is 1. The zero-order valence-corrected chi connectivity index (χ0v) is 15.1. The first-order chi connectivity index (χ1) is 13.6. The number of pyridine rings is 1. The number of nitrogens with zero attached hydrogens (tertiary/aromatic N) is 5. The number of para-hydroxylation sites is 2. The van der Waals surface area contributed by atoms with Crippen LogP contribution < -0.4 is 15.4 Å². The van der Waals surface area contributed by atoms with E-state index >= 15 is 0 Å². The van der Waals surface area contributed by atoms with E-state index in [-0.39, 0.29) is 25.4 Å². The quantitative estimate of drug-likeness (QED) is 0.615. The van der Waals surface area contributed by atoms with Crippen molar-refractivity contribution in [1.82, 2.24) is 14.8 Å². The maximum absolute atomic E-state index is 12.9. The second-order valence-electron chi connectivity index (χ2n) is 5.70. The van der Waals surface area contributed by atoms with Gasteiger partial charge in [-0.3, -0.25) is 9.78 Å². The predicted molar refractivity (Wildman–Crippen MR) is 99.6 cm³/mol. The van der Waals surface area contributed by atoms with Gasteiger partial charge in [-0.1, -0.05) is 12.1 Å². The number of aromatic nitrogens is 3. The molecule has 0 aliphatic rings. The first kappa shape index (κ1) is 18.8. The number of hydrogen-bond acceptors (Lipinski definition) is 7. The summed E-state index contributed by atoms with van der Waals surface area (Å²) in [4.78, 5) is 30.3. The summed E-state index contributed by atoms with van der Waals surface area (Å²) in [5.41, 5.74) is 1.03. The standard InChI is InChI=1S/C19H17N5O4/c1-27-16-8-3-2-7-15(16)23(11-5-9-20)17(25)13-24-19(26)28-18(22-24)14-6-4-10-21-12-14/h2-4,6-8,10,12H,5,11,13H2,1H3. The molecule has 1 amide bonds. The molecule has 28 heavy (non-hydrogen) atoms. The smallest absolute Gasteiger partial charge is 0.437 e. The Hall–Kier alpha value is -3.93. The molecular formula is C19H17N5O4. The van der Waals surface area contributed by atoms with Gasteiger partial charge in [0.25, 0.3) is 5.89 Å². The third-order valence-corrected chi connectivity index (χ3v) is 3.92. The molecule has 3 aromatic rings. The molecular weight excluding hydrogens is 362 g/mol. The second kappa shape index (κ2) is 8.64. The highest BCUT2D eigenvalue weighted by Gasteiger charge is 2.21. The first-order valence-corrected chi connectivity index (χ1v) is 8.42. The second-order valence-corrected chi connectivity index (χ2v) is 5.70. The Morgan fingerprint density at radius 3 is 2.86 bits per heavy atom. The van der Waals surface area contributed by atoms with Gasteiger partial charge in [0.1, 0.15) is 12.3 Å². The van der Waals surface area contributed by atoms with Crippen molar-refractivity contribution in [2.45, 2.75) is 13.0 Å². The minimum atomic E-state index is -0.757. The zero-order valence-electron chi connectivity index (χ0n) is 15.1. The third-order valence-electron chi connectivity index (χ3n) is 3.92. The molecule has 0 saturated heterocycles. The molecule has 1 aromatic carbocycles. The minimum absolute atomic E-state index is 0.0757. The van der Waals surface area contributed by atoms with Crippen LogP contribution in [-0.2, 0) is 11.3 Å². The molecule has 0 unspecified atom stereocenters. The van der Waals surface area contributed by atoms with E-state index in [1.807, 2.05) is 6.07 Å². The van der Waals surface area contributed by atoms with Crippen LogP contribution in [0.3, 0.4) is 0 Å². The molecule has 0 aliphatic carbocycles. The molecule has 2 aromatic heterocycles. The van der Waals surface area contributed by atoms with Crippen LogP contribution in [0.1, 0.15) is 6.42 Å².